The highest BCUT2D eigenvalue weighted by Gasteiger charge is 2.35. The zero-order valence-electron chi connectivity index (χ0n) is 11.0. The molecular weight excluding hydrogens is 278 g/mol. The third kappa shape index (κ3) is 2.99. The van der Waals surface area contributed by atoms with Crippen LogP contribution < -0.4 is 5.73 Å². The fraction of sp³-hybridized carbons (Fsp3) is 0.462. The molecule has 1 aliphatic heterocycles. The van der Waals surface area contributed by atoms with E-state index in [1.54, 1.807) is 0 Å². The molecule has 1 fully saturated rings. The fourth-order valence-corrected chi connectivity index (χ4v) is 3.90. The number of hydrogen-bond acceptors (Lipinski definition) is 5. The van der Waals surface area contributed by atoms with E-state index >= 15 is 0 Å². The molecule has 1 unspecified atom stereocenters. The van der Waals surface area contributed by atoms with Gasteiger partial charge in [-0.1, -0.05) is 11.8 Å². The molecule has 1 atom stereocenters. The fourth-order valence-electron chi connectivity index (χ4n) is 2.22. The normalized spacial score (nSPS) is 19.6. The Morgan fingerprint density at radius 2 is 2.30 bits per heavy atom. The highest BCUT2D eigenvalue weighted by atomic mass is 32.2. The highest BCUT2D eigenvalue weighted by molar-refractivity contribution is 7.89. The number of aromatic nitrogens is 1. The molecule has 2 heterocycles. The maximum Gasteiger partial charge on any atom is 0.244 e. The Balaban J connectivity index is 2.34. The summed E-state index contributed by atoms with van der Waals surface area (Å²) < 4.78 is 26.4. The van der Waals surface area contributed by atoms with E-state index in [0.717, 1.165) is 6.42 Å². The van der Waals surface area contributed by atoms with Crippen molar-refractivity contribution in [3.63, 3.8) is 0 Å². The Morgan fingerprint density at radius 1 is 1.50 bits per heavy atom. The molecule has 0 saturated carbocycles. The van der Waals surface area contributed by atoms with E-state index in [-0.39, 0.29) is 24.1 Å². The van der Waals surface area contributed by atoms with Gasteiger partial charge in [-0.25, -0.2) is 8.42 Å². The molecule has 0 spiro atoms. The number of sulfonamides is 1. The van der Waals surface area contributed by atoms with Crippen molar-refractivity contribution in [3.8, 4) is 11.8 Å². The lowest BCUT2D eigenvalue weighted by atomic mass is 10.2. The molecule has 0 bridgehead atoms. The Bertz CT molecular complexity index is 634. The predicted octanol–water partition coefficient (Wildman–Crippen LogP) is -0.463. The molecule has 2 rings (SSSR count). The van der Waals surface area contributed by atoms with Gasteiger partial charge in [0.2, 0.25) is 10.0 Å². The average Bonchev–Trinajstić information content (AvgIpc) is 2.94. The minimum Gasteiger partial charge on any atom is -0.395 e. The van der Waals surface area contributed by atoms with E-state index in [2.05, 4.69) is 16.8 Å². The SMILES string of the molecule is NCC#Cc1cncc(S(=O)(=O)N2CCCC2CO)c1. The number of pyridine rings is 1. The summed E-state index contributed by atoms with van der Waals surface area (Å²) in [5, 5.41) is 9.26. The lowest BCUT2D eigenvalue weighted by Crippen LogP contribution is -2.37. The number of aliphatic hydroxyl groups excluding tert-OH is 1. The smallest absolute Gasteiger partial charge is 0.244 e. The van der Waals surface area contributed by atoms with Crippen LogP contribution in [-0.2, 0) is 10.0 Å². The van der Waals surface area contributed by atoms with Crippen molar-refractivity contribution < 1.29 is 13.5 Å². The van der Waals surface area contributed by atoms with Crippen LogP contribution >= 0.6 is 0 Å². The molecular formula is C13H17N3O3S. The summed E-state index contributed by atoms with van der Waals surface area (Å²) in [7, 11) is -3.64. The van der Waals surface area contributed by atoms with E-state index < -0.39 is 10.0 Å². The summed E-state index contributed by atoms with van der Waals surface area (Å²) in [6.07, 6.45) is 4.23. The number of rotatable bonds is 3. The second-order valence-corrected chi connectivity index (χ2v) is 6.40. The first-order chi connectivity index (χ1) is 9.59. The quantitative estimate of drug-likeness (QED) is 0.735. The molecule has 0 radical (unpaired) electrons. The lowest BCUT2D eigenvalue weighted by molar-refractivity contribution is 0.213. The largest absolute Gasteiger partial charge is 0.395 e. The zero-order chi connectivity index (χ0) is 14.6. The van der Waals surface area contributed by atoms with E-state index in [4.69, 9.17) is 5.73 Å². The third-order valence-corrected chi connectivity index (χ3v) is 5.11. The molecule has 6 nitrogen and oxygen atoms in total. The molecule has 3 N–H and O–H groups in total. The van der Waals surface area contributed by atoms with E-state index in [1.165, 1.54) is 22.8 Å². The molecule has 1 aromatic heterocycles. The van der Waals surface area contributed by atoms with Crippen molar-refractivity contribution in [1.29, 1.82) is 0 Å². The van der Waals surface area contributed by atoms with Crippen molar-refractivity contribution in [2.75, 3.05) is 19.7 Å². The average molecular weight is 295 g/mol. The second-order valence-electron chi connectivity index (χ2n) is 4.51. The van der Waals surface area contributed by atoms with E-state index in [0.29, 0.717) is 18.5 Å². The topological polar surface area (TPSA) is 96.5 Å². The van der Waals surface area contributed by atoms with Crippen molar-refractivity contribution in [3.05, 3.63) is 24.0 Å². The Morgan fingerprint density at radius 3 is 3.00 bits per heavy atom. The first-order valence-corrected chi connectivity index (χ1v) is 7.80. The van der Waals surface area contributed by atoms with Crippen LogP contribution in [0.5, 0.6) is 0 Å². The van der Waals surface area contributed by atoms with Gasteiger partial charge in [-0.2, -0.15) is 4.31 Å². The van der Waals surface area contributed by atoms with Crippen LogP contribution in [0.1, 0.15) is 18.4 Å². The van der Waals surface area contributed by atoms with Crippen molar-refractivity contribution in [1.82, 2.24) is 9.29 Å². The monoisotopic (exact) mass is 295 g/mol. The molecule has 1 aliphatic rings. The Labute approximate surface area is 118 Å². The molecule has 20 heavy (non-hydrogen) atoms. The maximum atomic E-state index is 12.5. The number of aliphatic hydroxyl groups is 1. The van der Waals surface area contributed by atoms with Gasteiger partial charge >= 0.3 is 0 Å². The highest BCUT2D eigenvalue weighted by Crippen LogP contribution is 2.25. The minimum atomic E-state index is -3.64. The number of nitrogens with two attached hydrogens (primary N) is 1. The van der Waals surface area contributed by atoms with Crippen molar-refractivity contribution in [2.24, 2.45) is 5.73 Å². The summed E-state index contributed by atoms with van der Waals surface area (Å²) >= 11 is 0. The maximum absolute atomic E-state index is 12.5. The molecule has 0 amide bonds. The van der Waals surface area contributed by atoms with Gasteiger partial charge in [0.25, 0.3) is 0 Å². The predicted molar refractivity (Wildman–Crippen MR) is 74.2 cm³/mol. The number of hydrogen-bond donors (Lipinski definition) is 2. The second kappa shape index (κ2) is 6.33. The molecule has 1 aromatic rings. The standard InChI is InChI=1S/C13H17N3O3S/c14-5-1-3-11-7-13(9-15-8-11)20(18,19)16-6-2-4-12(16)10-17/h7-9,12,17H,2,4-6,10,14H2. The van der Waals surface area contributed by atoms with Gasteiger partial charge in [0.1, 0.15) is 4.90 Å². The van der Waals surface area contributed by atoms with Crippen LogP contribution in [0.15, 0.2) is 23.4 Å². The Kier molecular flexibility index (Phi) is 4.73. The number of nitrogens with zero attached hydrogens (tertiary/aromatic N) is 2. The lowest BCUT2D eigenvalue weighted by Gasteiger charge is -2.22. The summed E-state index contributed by atoms with van der Waals surface area (Å²) in [6, 6.07) is 1.14. The molecule has 0 aromatic carbocycles. The minimum absolute atomic E-state index is 0.0988. The summed E-state index contributed by atoms with van der Waals surface area (Å²) in [4.78, 5) is 4.01. The van der Waals surface area contributed by atoms with Gasteiger partial charge < -0.3 is 10.8 Å². The van der Waals surface area contributed by atoms with Crippen LogP contribution in [0, 0.1) is 11.8 Å². The van der Waals surface area contributed by atoms with Crippen LogP contribution in [0.25, 0.3) is 0 Å². The van der Waals surface area contributed by atoms with Crippen LogP contribution in [0.2, 0.25) is 0 Å². The van der Waals surface area contributed by atoms with Gasteiger partial charge in [-0.15, -0.1) is 0 Å². The Hall–Kier alpha value is -1.46. The first-order valence-electron chi connectivity index (χ1n) is 6.36. The van der Waals surface area contributed by atoms with Gasteiger partial charge in [0.05, 0.1) is 13.2 Å². The van der Waals surface area contributed by atoms with Crippen LogP contribution in [0.4, 0.5) is 0 Å². The molecule has 7 heteroatoms. The van der Waals surface area contributed by atoms with E-state index in [9.17, 15) is 13.5 Å². The zero-order valence-corrected chi connectivity index (χ0v) is 11.8. The van der Waals surface area contributed by atoms with Crippen LogP contribution in [0.3, 0.4) is 0 Å². The van der Waals surface area contributed by atoms with Gasteiger partial charge in [-0.3, -0.25) is 4.98 Å². The summed E-state index contributed by atoms with van der Waals surface area (Å²) in [5.74, 6) is 5.42. The van der Waals surface area contributed by atoms with Gasteiger partial charge in [0.15, 0.2) is 0 Å². The summed E-state index contributed by atoms with van der Waals surface area (Å²) in [6.45, 7) is 0.460. The van der Waals surface area contributed by atoms with Crippen molar-refractivity contribution in [2.45, 2.75) is 23.8 Å². The van der Waals surface area contributed by atoms with Gasteiger partial charge in [0, 0.05) is 30.5 Å². The van der Waals surface area contributed by atoms with E-state index in [1.807, 2.05) is 0 Å². The first kappa shape index (κ1) is 14.9. The summed E-state index contributed by atoms with van der Waals surface area (Å²) in [5.41, 5.74) is 5.80. The third-order valence-electron chi connectivity index (χ3n) is 3.19. The van der Waals surface area contributed by atoms with Gasteiger partial charge in [-0.05, 0) is 18.9 Å². The molecule has 1 saturated heterocycles. The molecule has 108 valence electrons. The van der Waals surface area contributed by atoms with Crippen LogP contribution in [-0.4, -0.2) is 48.6 Å². The van der Waals surface area contributed by atoms with Crippen molar-refractivity contribution >= 4 is 10.0 Å². The molecule has 0 aliphatic carbocycles.